The fourth-order valence-electron chi connectivity index (χ4n) is 2.38. The van der Waals surface area contributed by atoms with Crippen LogP contribution in [0.15, 0.2) is 23.1 Å². The summed E-state index contributed by atoms with van der Waals surface area (Å²) in [6.45, 7) is 0.805. The molecule has 2 nitrogen and oxygen atoms in total. The van der Waals surface area contributed by atoms with Gasteiger partial charge < -0.3 is 4.74 Å². The van der Waals surface area contributed by atoms with Gasteiger partial charge in [-0.25, -0.2) is 0 Å². The van der Waals surface area contributed by atoms with Crippen LogP contribution in [0.3, 0.4) is 0 Å². The molecule has 0 N–H and O–H groups in total. The number of Topliss-reactive ketones (excluding diaryl/α,β-unsaturated/α-hetero) is 1. The summed E-state index contributed by atoms with van der Waals surface area (Å²) in [6, 6.07) is 4.03. The summed E-state index contributed by atoms with van der Waals surface area (Å²) in [5.74, 6) is 0.263. The van der Waals surface area contributed by atoms with E-state index in [9.17, 15) is 4.79 Å². The van der Waals surface area contributed by atoms with Crippen molar-refractivity contribution in [1.29, 1.82) is 0 Å². The van der Waals surface area contributed by atoms with E-state index >= 15 is 0 Å². The maximum absolute atomic E-state index is 11.9. The van der Waals surface area contributed by atoms with E-state index in [0.717, 1.165) is 29.9 Å². The van der Waals surface area contributed by atoms with Crippen molar-refractivity contribution in [2.24, 2.45) is 0 Å². The SMILES string of the molecule is O=C1C[C@@H]2OCCCC2=C1c1cccs1. The van der Waals surface area contributed by atoms with Crippen molar-refractivity contribution in [2.45, 2.75) is 25.4 Å². The van der Waals surface area contributed by atoms with Gasteiger partial charge in [0.1, 0.15) is 0 Å². The normalized spacial score (nSPS) is 25.9. The van der Waals surface area contributed by atoms with Crippen LogP contribution >= 0.6 is 11.3 Å². The summed E-state index contributed by atoms with van der Waals surface area (Å²) in [7, 11) is 0. The van der Waals surface area contributed by atoms with Crippen LogP contribution in [0.5, 0.6) is 0 Å². The third-order valence-corrected chi connectivity index (χ3v) is 3.92. The molecule has 0 aromatic carbocycles. The number of hydrogen-bond donors (Lipinski definition) is 0. The number of fused-ring (bicyclic) bond motifs is 1. The Kier molecular flexibility index (Phi) is 2.22. The molecular weight excluding hydrogens is 208 g/mol. The zero-order valence-corrected chi connectivity index (χ0v) is 9.18. The summed E-state index contributed by atoms with van der Waals surface area (Å²) in [4.78, 5) is 13.0. The molecule has 0 spiro atoms. The van der Waals surface area contributed by atoms with Crippen LogP contribution < -0.4 is 0 Å². The molecule has 0 amide bonds. The topological polar surface area (TPSA) is 26.3 Å². The van der Waals surface area contributed by atoms with Crippen molar-refractivity contribution in [3.63, 3.8) is 0 Å². The highest BCUT2D eigenvalue weighted by Crippen LogP contribution is 2.39. The second kappa shape index (κ2) is 3.58. The Balaban J connectivity index is 2.07. The van der Waals surface area contributed by atoms with E-state index in [1.165, 1.54) is 5.57 Å². The summed E-state index contributed by atoms with van der Waals surface area (Å²) >= 11 is 1.65. The Morgan fingerprint density at radius 1 is 1.47 bits per heavy atom. The van der Waals surface area contributed by atoms with E-state index in [1.807, 2.05) is 17.5 Å². The maximum atomic E-state index is 11.9. The fraction of sp³-hybridized carbons (Fsp3) is 0.417. The average molecular weight is 220 g/mol. The quantitative estimate of drug-likeness (QED) is 0.727. The van der Waals surface area contributed by atoms with Crippen LogP contribution in [-0.4, -0.2) is 18.5 Å². The molecule has 1 aliphatic carbocycles. The largest absolute Gasteiger partial charge is 0.373 e. The third-order valence-electron chi connectivity index (χ3n) is 3.04. The van der Waals surface area contributed by atoms with Crippen LogP contribution in [-0.2, 0) is 9.53 Å². The van der Waals surface area contributed by atoms with Gasteiger partial charge in [0.05, 0.1) is 6.10 Å². The number of carbonyl (C=O) groups excluding carboxylic acids is 1. The fourth-order valence-corrected chi connectivity index (χ4v) is 3.21. The van der Waals surface area contributed by atoms with Gasteiger partial charge in [0, 0.05) is 23.5 Å². The van der Waals surface area contributed by atoms with Crippen LogP contribution in [0.2, 0.25) is 0 Å². The molecule has 1 saturated heterocycles. The van der Waals surface area contributed by atoms with Gasteiger partial charge in [0.25, 0.3) is 0 Å². The molecule has 1 aliphatic heterocycles. The lowest BCUT2D eigenvalue weighted by molar-refractivity contribution is -0.114. The molecule has 3 rings (SSSR count). The molecule has 78 valence electrons. The van der Waals surface area contributed by atoms with Gasteiger partial charge in [0.2, 0.25) is 0 Å². The van der Waals surface area contributed by atoms with Gasteiger partial charge in [-0.15, -0.1) is 11.3 Å². The Hall–Kier alpha value is -0.930. The highest BCUT2D eigenvalue weighted by atomic mass is 32.1. The second-order valence-corrected chi connectivity index (χ2v) is 4.92. The number of rotatable bonds is 1. The van der Waals surface area contributed by atoms with Gasteiger partial charge in [-0.1, -0.05) is 6.07 Å². The van der Waals surface area contributed by atoms with Crippen molar-refractivity contribution >= 4 is 22.7 Å². The predicted molar refractivity (Wildman–Crippen MR) is 59.8 cm³/mol. The van der Waals surface area contributed by atoms with E-state index in [0.29, 0.717) is 6.42 Å². The summed E-state index contributed by atoms with van der Waals surface area (Å²) in [5.41, 5.74) is 2.20. The zero-order chi connectivity index (χ0) is 10.3. The van der Waals surface area contributed by atoms with E-state index in [2.05, 4.69) is 0 Å². The van der Waals surface area contributed by atoms with Crippen molar-refractivity contribution in [1.82, 2.24) is 0 Å². The number of hydrogen-bond acceptors (Lipinski definition) is 3. The molecule has 15 heavy (non-hydrogen) atoms. The van der Waals surface area contributed by atoms with Crippen LogP contribution in [0.1, 0.15) is 24.1 Å². The lowest BCUT2D eigenvalue weighted by Crippen LogP contribution is -2.19. The predicted octanol–water partition coefficient (Wildman–Crippen LogP) is 2.65. The minimum atomic E-state index is 0.0864. The molecular formula is C12H12O2S. The number of ketones is 1. The van der Waals surface area contributed by atoms with Crippen molar-refractivity contribution < 1.29 is 9.53 Å². The molecule has 0 unspecified atom stereocenters. The van der Waals surface area contributed by atoms with Gasteiger partial charge in [-0.2, -0.15) is 0 Å². The summed E-state index contributed by atoms with van der Waals surface area (Å²) in [5, 5.41) is 2.02. The lowest BCUT2D eigenvalue weighted by atomic mass is 10.0. The molecule has 2 aliphatic rings. The molecule has 0 bridgehead atoms. The smallest absolute Gasteiger partial charge is 0.167 e. The molecule has 1 fully saturated rings. The van der Waals surface area contributed by atoms with Gasteiger partial charge in [-0.3, -0.25) is 4.79 Å². The number of thiophene rings is 1. The van der Waals surface area contributed by atoms with Gasteiger partial charge >= 0.3 is 0 Å². The molecule has 2 heterocycles. The zero-order valence-electron chi connectivity index (χ0n) is 8.36. The van der Waals surface area contributed by atoms with Gasteiger partial charge in [-0.05, 0) is 29.9 Å². The first-order valence-corrected chi connectivity index (χ1v) is 6.16. The molecule has 1 aromatic rings. The monoisotopic (exact) mass is 220 g/mol. The Labute approximate surface area is 92.6 Å². The van der Waals surface area contributed by atoms with E-state index in [4.69, 9.17) is 4.74 Å². The standard InChI is InChI=1S/C12H12O2S/c13-9-7-10-8(3-1-5-14-10)12(9)11-4-2-6-15-11/h2,4,6,10H,1,3,5,7H2/t10-/m0/s1. The number of carbonyl (C=O) groups is 1. The Morgan fingerprint density at radius 2 is 2.40 bits per heavy atom. The average Bonchev–Trinajstić information content (AvgIpc) is 2.82. The lowest BCUT2D eigenvalue weighted by Gasteiger charge is -2.21. The first kappa shape index (κ1) is 9.31. The van der Waals surface area contributed by atoms with Crippen LogP contribution in [0.25, 0.3) is 5.57 Å². The van der Waals surface area contributed by atoms with E-state index in [1.54, 1.807) is 11.3 Å². The number of allylic oxidation sites excluding steroid dienone is 1. The number of ether oxygens (including phenoxy) is 1. The minimum Gasteiger partial charge on any atom is -0.373 e. The Bertz CT molecular complexity index is 417. The van der Waals surface area contributed by atoms with E-state index < -0.39 is 0 Å². The Morgan fingerprint density at radius 3 is 3.20 bits per heavy atom. The molecule has 1 aromatic heterocycles. The summed E-state index contributed by atoms with van der Waals surface area (Å²) < 4.78 is 5.63. The third kappa shape index (κ3) is 1.46. The first-order chi connectivity index (χ1) is 7.36. The molecule has 0 radical (unpaired) electrons. The van der Waals surface area contributed by atoms with E-state index in [-0.39, 0.29) is 11.9 Å². The van der Waals surface area contributed by atoms with Crippen LogP contribution in [0.4, 0.5) is 0 Å². The highest BCUT2D eigenvalue weighted by Gasteiger charge is 2.35. The molecule has 3 heteroatoms. The molecule has 1 atom stereocenters. The minimum absolute atomic E-state index is 0.0864. The van der Waals surface area contributed by atoms with Crippen molar-refractivity contribution in [3.05, 3.63) is 28.0 Å². The maximum Gasteiger partial charge on any atom is 0.167 e. The van der Waals surface area contributed by atoms with Crippen molar-refractivity contribution in [3.8, 4) is 0 Å². The summed E-state index contributed by atoms with van der Waals surface area (Å²) in [6.07, 6.45) is 2.73. The van der Waals surface area contributed by atoms with Crippen LogP contribution in [0, 0.1) is 0 Å². The second-order valence-electron chi connectivity index (χ2n) is 3.97. The molecule has 0 saturated carbocycles. The first-order valence-electron chi connectivity index (χ1n) is 5.28. The van der Waals surface area contributed by atoms with Gasteiger partial charge in [0.15, 0.2) is 5.78 Å². The highest BCUT2D eigenvalue weighted by molar-refractivity contribution is 7.11. The van der Waals surface area contributed by atoms with Crippen molar-refractivity contribution in [2.75, 3.05) is 6.61 Å².